The molecule has 2 rings (SSSR count). The number of nitrogen functional groups attached to an aromatic ring is 1. The zero-order valence-electron chi connectivity index (χ0n) is 10.8. The van der Waals surface area contributed by atoms with Gasteiger partial charge in [-0.2, -0.15) is 0 Å². The van der Waals surface area contributed by atoms with E-state index in [-0.39, 0.29) is 5.91 Å². The zero-order valence-corrected chi connectivity index (χ0v) is 10.8. The van der Waals surface area contributed by atoms with Gasteiger partial charge in [0.1, 0.15) is 5.69 Å². The maximum absolute atomic E-state index is 11.9. The Labute approximate surface area is 111 Å². The first-order valence-electron chi connectivity index (χ1n) is 6.19. The molecule has 0 fully saturated rings. The summed E-state index contributed by atoms with van der Waals surface area (Å²) in [5.74, 6) is -0.280. The largest absolute Gasteiger partial charge is 0.398 e. The normalized spacial score (nSPS) is 12.3. The highest BCUT2D eigenvalue weighted by Gasteiger charge is 2.10. The Morgan fingerprint density at radius 1 is 1.47 bits per heavy atom. The van der Waals surface area contributed by atoms with E-state index in [1.54, 1.807) is 13.0 Å². The maximum Gasteiger partial charge on any atom is 0.269 e. The minimum Gasteiger partial charge on any atom is -0.398 e. The summed E-state index contributed by atoms with van der Waals surface area (Å²) in [4.78, 5) is 16.2. The van der Waals surface area contributed by atoms with Crippen LogP contribution < -0.4 is 11.1 Å². The number of hydrogen-bond donors (Lipinski definition) is 3. The summed E-state index contributed by atoms with van der Waals surface area (Å²) >= 11 is 0. The molecule has 0 bridgehead atoms. The number of aromatic nitrogens is 1. The van der Waals surface area contributed by atoms with E-state index < -0.39 is 6.10 Å². The van der Waals surface area contributed by atoms with E-state index in [0.717, 1.165) is 5.39 Å². The third kappa shape index (κ3) is 3.20. The number of para-hydroxylation sites is 1. The van der Waals surface area contributed by atoms with Crippen LogP contribution in [0.15, 0.2) is 30.3 Å². The molecule has 1 atom stereocenters. The van der Waals surface area contributed by atoms with Crippen LogP contribution in [0.3, 0.4) is 0 Å². The molecule has 4 N–H and O–H groups in total. The number of nitrogens with one attached hydrogen (secondary N) is 1. The molecular weight excluding hydrogens is 242 g/mol. The summed E-state index contributed by atoms with van der Waals surface area (Å²) in [7, 11) is 0. The molecular formula is C14H17N3O2. The second kappa shape index (κ2) is 5.67. The molecule has 2 aromatic rings. The van der Waals surface area contributed by atoms with E-state index in [4.69, 9.17) is 10.8 Å². The topological polar surface area (TPSA) is 88.2 Å². The summed E-state index contributed by atoms with van der Waals surface area (Å²) in [5, 5.41) is 12.7. The fraction of sp³-hybridized carbons (Fsp3) is 0.286. The number of anilines is 1. The number of aliphatic hydroxyl groups excluding tert-OH is 1. The van der Waals surface area contributed by atoms with Crippen LogP contribution >= 0.6 is 0 Å². The number of nitrogens with two attached hydrogens (primary N) is 1. The van der Waals surface area contributed by atoms with Crippen LogP contribution in [0.2, 0.25) is 0 Å². The molecule has 1 amide bonds. The summed E-state index contributed by atoms with van der Waals surface area (Å²) in [6, 6.07) is 8.98. The van der Waals surface area contributed by atoms with Gasteiger partial charge in [-0.1, -0.05) is 18.2 Å². The zero-order chi connectivity index (χ0) is 13.8. The molecule has 0 aliphatic rings. The fourth-order valence-electron chi connectivity index (χ4n) is 1.80. The molecule has 100 valence electrons. The van der Waals surface area contributed by atoms with Crippen molar-refractivity contribution in [1.82, 2.24) is 10.3 Å². The molecule has 0 aliphatic carbocycles. The Morgan fingerprint density at radius 3 is 2.95 bits per heavy atom. The molecule has 0 saturated carbocycles. The molecule has 1 unspecified atom stereocenters. The average molecular weight is 259 g/mol. The predicted octanol–water partition coefficient (Wildman–Crippen LogP) is 1.32. The van der Waals surface area contributed by atoms with Gasteiger partial charge in [0.05, 0.1) is 11.6 Å². The fourth-order valence-corrected chi connectivity index (χ4v) is 1.80. The van der Waals surface area contributed by atoms with Gasteiger partial charge in [-0.25, -0.2) is 4.98 Å². The number of pyridine rings is 1. The van der Waals surface area contributed by atoms with E-state index in [0.29, 0.717) is 29.9 Å². The SMILES string of the molecule is CC(O)CCNC(=O)c1cc(N)c2ccccc2n1. The Kier molecular flexibility index (Phi) is 3.97. The molecule has 5 nitrogen and oxygen atoms in total. The monoisotopic (exact) mass is 259 g/mol. The molecule has 1 aromatic heterocycles. The lowest BCUT2D eigenvalue weighted by Gasteiger charge is -2.08. The Balaban J connectivity index is 2.18. The lowest BCUT2D eigenvalue weighted by molar-refractivity contribution is 0.0941. The van der Waals surface area contributed by atoms with Crippen molar-refractivity contribution in [3.63, 3.8) is 0 Å². The van der Waals surface area contributed by atoms with Crippen LogP contribution in [0.4, 0.5) is 5.69 Å². The molecule has 5 heteroatoms. The number of rotatable bonds is 4. The number of carbonyl (C=O) groups is 1. The first-order chi connectivity index (χ1) is 9.08. The molecule has 1 heterocycles. The van der Waals surface area contributed by atoms with E-state index in [9.17, 15) is 4.79 Å². The maximum atomic E-state index is 11.9. The van der Waals surface area contributed by atoms with Crippen molar-refractivity contribution >= 4 is 22.5 Å². The lowest BCUT2D eigenvalue weighted by atomic mass is 10.1. The first-order valence-corrected chi connectivity index (χ1v) is 6.19. The van der Waals surface area contributed by atoms with E-state index in [2.05, 4.69) is 10.3 Å². The molecule has 0 aliphatic heterocycles. The number of hydrogen-bond acceptors (Lipinski definition) is 4. The van der Waals surface area contributed by atoms with Crippen molar-refractivity contribution in [3.05, 3.63) is 36.0 Å². The third-order valence-electron chi connectivity index (χ3n) is 2.83. The van der Waals surface area contributed by atoms with Crippen LogP contribution in [0, 0.1) is 0 Å². The van der Waals surface area contributed by atoms with Gasteiger partial charge < -0.3 is 16.2 Å². The van der Waals surface area contributed by atoms with E-state index >= 15 is 0 Å². The highest BCUT2D eigenvalue weighted by atomic mass is 16.3. The van der Waals surface area contributed by atoms with Crippen molar-refractivity contribution < 1.29 is 9.90 Å². The molecule has 0 spiro atoms. The average Bonchev–Trinajstić information content (AvgIpc) is 2.38. The number of fused-ring (bicyclic) bond motifs is 1. The summed E-state index contributed by atoms with van der Waals surface area (Å²) in [6.07, 6.45) is 0.0735. The molecule has 0 saturated heterocycles. The van der Waals surface area contributed by atoms with E-state index in [1.807, 2.05) is 24.3 Å². The summed E-state index contributed by atoms with van der Waals surface area (Å²) < 4.78 is 0. The number of benzene rings is 1. The second-order valence-corrected chi connectivity index (χ2v) is 4.51. The predicted molar refractivity (Wildman–Crippen MR) is 74.8 cm³/mol. The van der Waals surface area contributed by atoms with Crippen molar-refractivity contribution in [2.75, 3.05) is 12.3 Å². The first kappa shape index (κ1) is 13.3. The second-order valence-electron chi connectivity index (χ2n) is 4.51. The van der Waals surface area contributed by atoms with Crippen LogP contribution in [-0.4, -0.2) is 28.6 Å². The van der Waals surface area contributed by atoms with Crippen LogP contribution in [0.5, 0.6) is 0 Å². The van der Waals surface area contributed by atoms with Gasteiger partial charge in [-0.05, 0) is 25.5 Å². The minimum atomic E-state index is -0.435. The van der Waals surface area contributed by atoms with Gasteiger partial charge in [0, 0.05) is 17.6 Å². The minimum absolute atomic E-state index is 0.280. The molecule has 0 radical (unpaired) electrons. The number of nitrogens with zero attached hydrogens (tertiary/aromatic N) is 1. The van der Waals surface area contributed by atoms with Gasteiger partial charge in [0.25, 0.3) is 5.91 Å². The third-order valence-corrected chi connectivity index (χ3v) is 2.83. The van der Waals surface area contributed by atoms with Crippen LogP contribution in [-0.2, 0) is 0 Å². The van der Waals surface area contributed by atoms with Crippen molar-refractivity contribution in [3.8, 4) is 0 Å². The van der Waals surface area contributed by atoms with Crippen molar-refractivity contribution in [1.29, 1.82) is 0 Å². The number of amides is 1. The van der Waals surface area contributed by atoms with Gasteiger partial charge in [-0.3, -0.25) is 4.79 Å². The number of carbonyl (C=O) groups excluding carboxylic acids is 1. The van der Waals surface area contributed by atoms with Gasteiger partial charge in [0.15, 0.2) is 0 Å². The Bertz CT molecular complexity index is 596. The van der Waals surface area contributed by atoms with Crippen molar-refractivity contribution in [2.24, 2.45) is 0 Å². The lowest BCUT2D eigenvalue weighted by Crippen LogP contribution is -2.27. The summed E-state index contributed by atoms with van der Waals surface area (Å²) in [6.45, 7) is 2.09. The summed E-state index contributed by atoms with van der Waals surface area (Å²) in [5.41, 5.74) is 7.44. The van der Waals surface area contributed by atoms with Gasteiger partial charge in [-0.15, -0.1) is 0 Å². The Morgan fingerprint density at radius 2 is 2.21 bits per heavy atom. The van der Waals surface area contributed by atoms with Crippen LogP contribution in [0.1, 0.15) is 23.8 Å². The highest BCUT2D eigenvalue weighted by molar-refractivity contribution is 5.99. The van der Waals surface area contributed by atoms with Crippen LogP contribution in [0.25, 0.3) is 10.9 Å². The molecule has 19 heavy (non-hydrogen) atoms. The smallest absolute Gasteiger partial charge is 0.269 e. The highest BCUT2D eigenvalue weighted by Crippen LogP contribution is 2.19. The van der Waals surface area contributed by atoms with Gasteiger partial charge in [0.2, 0.25) is 0 Å². The number of aliphatic hydroxyl groups is 1. The van der Waals surface area contributed by atoms with E-state index in [1.165, 1.54) is 0 Å². The van der Waals surface area contributed by atoms with Gasteiger partial charge >= 0.3 is 0 Å². The standard InChI is InChI=1S/C14H17N3O2/c1-9(18)6-7-16-14(19)13-8-11(15)10-4-2-3-5-12(10)17-13/h2-5,8-9,18H,6-7H2,1H3,(H2,15,17)(H,16,19). The van der Waals surface area contributed by atoms with Crippen molar-refractivity contribution in [2.45, 2.75) is 19.4 Å². The Hall–Kier alpha value is -2.14. The molecule has 1 aromatic carbocycles. The quantitative estimate of drug-likeness (QED) is 0.772.